The first-order chi connectivity index (χ1) is 11.3. The Hall–Kier alpha value is -0.534. The zero-order valence-corrected chi connectivity index (χ0v) is 16.5. The van der Waals surface area contributed by atoms with Crippen LogP contribution < -0.4 is 56.5 Å². The smallest absolute Gasteiger partial charge is 0.542 e. The molecule has 0 unspecified atom stereocenters. The molecule has 10 heteroatoms. The van der Waals surface area contributed by atoms with E-state index in [-0.39, 0.29) is 57.1 Å². The van der Waals surface area contributed by atoms with Gasteiger partial charge in [0.2, 0.25) is 6.29 Å². The fourth-order valence-electron chi connectivity index (χ4n) is 2.15. The Bertz CT molecular complexity index is 602. The van der Waals surface area contributed by atoms with Crippen molar-refractivity contribution in [3.8, 4) is 5.75 Å². The predicted molar refractivity (Wildman–Crippen MR) is 75.9 cm³/mol. The molecule has 2 rings (SSSR count). The van der Waals surface area contributed by atoms with Gasteiger partial charge in [-0.25, -0.2) is 0 Å². The van der Waals surface area contributed by atoms with Crippen molar-refractivity contribution in [1.82, 2.24) is 0 Å². The molecular weight excluding hydrogens is 363 g/mol. The van der Waals surface area contributed by atoms with Gasteiger partial charge in [-0.3, -0.25) is 0 Å². The van der Waals surface area contributed by atoms with E-state index in [4.69, 9.17) is 14.6 Å². The first-order valence-corrected chi connectivity index (χ1v) is 7.02. The third-order valence-corrected chi connectivity index (χ3v) is 3.48. The maximum Gasteiger partial charge on any atom is 1.00 e. The van der Waals surface area contributed by atoms with Crippen molar-refractivity contribution < 1.29 is 96.3 Å². The van der Waals surface area contributed by atoms with E-state index in [0.717, 1.165) is 6.08 Å². The van der Waals surface area contributed by atoms with Crippen LogP contribution in [0.5, 0.6) is 5.75 Å². The topological polar surface area (TPSA) is 160 Å². The fraction of sp³-hybridized carbons (Fsp3) is 0.400. The molecule has 0 amide bonds. The number of aliphatic hydroxyl groups excluding tert-OH is 4. The standard InChI is InChI=1S/C15H18O9.K/c16-6-10-11(18)12(19)13(20)15(24-10)23-9(14(21)22)5-7-1-3-8(17)4-2-7;/h1-5,10-13,15-20H,6H2,(H,21,22);/q;+1/p-1/b9-5-;/t10-,11+,12+,13-,15-;/m1./s1. The van der Waals surface area contributed by atoms with Gasteiger partial charge in [0.25, 0.3) is 0 Å². The van der Waals surface area contributed by atoms with Crippen molar-refractivity contribution in [1.29, 1.82) is 0 Å². The van der Waals surface area contributed by atoms with E-state index in [1.807, 2.05) is 0 Å². The van der Waals surface area contributed by atoms with E-state index >= 15 is 0 Å². The minimum Gasteiger partial charge on any atom is -0.542 e. The number of aliphatic carboxylic acids is 1. The van der Waals surface area contributed by atoms with Gasteiger partial charge in [-0.15, -0.1) is 0 Å². The van der Waals surface area contributed by atoms with Crippen molar-refractivity contribution in [2.24, 2.45) is 0 Å². The number of hydrogen-bond donors (Lipinski definition) is 5. The van der Waals surface area contributed by atoms with Crippen LogP contribution in [0.1, 0.15) is 5.56 Å². The molecule has 1 heterocycles. The second-order valence-electron chi connectivity index (χ2n) is 5.20. The van der Waals surface area contributed by atoms with Crippen molar-refractivity contribution in [2.45, 2.75) is 30.7 Å². The largest absolute Gasteiger partial charge is 1.00 e. The first-order valence-electron chi connectivity index (χ1n) is 7.02. The molecule has 0 radical (unpaired) electrons. The Morgan fingerprint density at radius 2 is 1.76 bits per heavy atom. The van der Waals surface area contributed by atoms with Gasteiger partial charge in [0.05, 0.1) is 6.61 Å². The van der Waals surface area contributed by atoms with Crippen LogP contribution in [0.4, 0.5) is 0 Å². The van der Waals surface area contributed by atoms with E-state index in [9.17, 15) is 30.3 Å². The molecule has 0 aromatic heterocycles. The molecule has 1 aliphatic rings. The summed E-state index contributed by atoms with van der Waals surface area (Å²) in [6.45, 7) is -0.673. The Labute approximate surface area is 185 Å². The van der Waals surface area contributed by atoms with E-state index in [0.29, 0.717) is 5.56 Å². The summed E-state index contributed by atoms with van der Waals surface area (Å²) in [6, 6.07) is 5.48. The predicted octanol–water partition coefficient (Wildman–Crippen LogP) is -5.70. The van der Waals surface area contributed by atoms with Gasteiger partial charge in [-0.05, 0) is 23.8 Å². The number of benzene rings is 1. The van der Waals surface area contributed by atoms with Gasteiger partial charge < -0.3 is 44.9 Å². The zero-order chi connectivity index (χ0) is 17.9. The molecule has 9 nitrogen and oxygen atoms in total. The molecule has 1 fully saturated rings. The molecule has 1 aliphatic heterocycles. The van der Waals surface area contributed by atoms with E-state index in [1.165, 1.54) is 24.3 Å². The quantitative estimate of drug-likeness (QED) is 0.191. The number of carbonyl (C=O) groups excluding carboxylic acids is 1. The van der Waals surface area contributed by atoms with Crippen molar-refractivity contribution in [2.75, 3.05) is 6.61 Å². The van der Waals surface area contributed by atoms with Gasteiger partial charge in [-0.1, -0.05) is 12.1 Å². The number of aliphatic hydroxyl groups is 4. The monoisotopic (exact) mass is 380 g/mol. The number of ether oxygens (including phenoxy) is 2. The molecule has 0 spiro atoms. The van der Waals surface area contributed by atoms with Crippen LogP contribution in [0.2, 0.25) is 0 Å². The van der Waals surface area contributed by atoms with E-state index < -0.39 is 49.0 Å². The number of phenols is 1. The number of rotatable bonds is 5. The van der Waals surface area contributed by atoms with E-state index in [1.54, 1.807) is 0 Å². The molecule has 0 bridgehead atoms. The van der Waals surface area contributed by atoms with Crippen LogP contribution in [0.3, 0.4) is 0 Å². The number of phenolic OH excluding ortho intramolecular Hbond substituents is 1. The van der Waals surface area contributed by atoms with Gasteiger partial charge in [0.1, 0.15) is 41.9 Å². The van der Waals surface area contributed by atoms with Crippen LogP contribution in [-0.4, -0.2) is 68.8 Å². The second kappa shape index (κ2) is 9.97. The molecule has 1 saturated heterocycles. The summed E-state index contributed by atoms with van der Waals surface area (Å²) < 4.78 is 10.1. The van der Waals surface area contributed by atoms with E-state index in [2.05, 4.69) is 0 Å². The summed E-state index contributed by atoms with van der Waals surface area (Å²) in [5, 5.41) is 58.6. The summed E-state index contributed by atoms with van der Waals surface area (Å²) in [4.78, 5) is 11.2. The average Bonchev–Trinajstić information content (AvgIpc) is 2.56. The minimum atomic E-state index is -1.75. The molecular formula is C15H17KO9. The summed E-state index contributed by atoms with van der Waals surface area (Å²) in [5.74, 6) is -2.43. The molecule has 1 aromatic rings. The Morgan fingerprint density at radius 3 is 2.28 bits per heavy atom. The van der Waals surface area contributed by atoms with Gasteiger partial charge >= 0.3 is 51.4 Å². The first kappa shape index (κ1) is 22.5. The third-order valence-electron chi connectivity index (χ3n) is 3.48. The molecule has 0 aliphatic carbocycles. The molecule has 25 heavy (non-hydrogen) atoms. The van der Waals surface area contributed by atoms with Crippen LogP contribution in [-0.2, 0) is 14.3 Å². The number of hydrogen-bond acceptors (Lipinski definition) is 9. The van der Waals surface area contributed by atoms with Gasteiger partial charge in [0.15, 0.2) is 0 Å². The summed E-state index contributed by atoms with van der Waals surface area (Å²) in [7, 11) is 0. The number of aromatic hydroxyl groups is 1. The second-order valence-corrected chi connectivity index (χ2v) is 5.20. The zero-order valence-electron chi connectivity index (χ0n) is 13.3. The number of carbonyl (C=O) groups is 1. The number of carboxylic acids is 1. The maximum atomic E-state index is 11.2. The maximum absolute atomic E-state index is 11.2. The molecule has 5 atom stereocenters. The SMILES string of the molecule is O=C([O-])/C(=C/c1ccc(O)cc1)O[C@@H]1O[C@H](CO)[C@H](O)[C@H](O)[C@H]1O.[K+]. The number of carboxylic acid groups (broad SMARTS) is 1. The van der Waals surface area contributed by atoms with Gasteiger partial charge in [0, 0.05) is 0 Å². The van der Waals surface area contributed by atoms with Crippen LogP contribution >= 0.6 is 0 Å². The minimum absolute atomic E-state index is 0. The van der Waals surface area contributed by atoms with Crippen molar-refractivity contribution in [3.63, 3.8) is 0 Å². The molecule has 1 aromatic carbocycles. The average molecular weight is 380 g/mol. The van der Waals surface area contributed by atoms with Crippen LogP contribution in [0.15, 0.2) is 30.0 Å². The summed E-state index contributed by atoms with van der Waals surface area (Å²) >= 11 is 0. The van der Waals surface area contributed by atoms with Crippen molar-refractivity contribution in [3.05, 3.63) is 35.6 Å². The van der Waals surface area contributed by atoms with Crippen LogP contribution in [0, 0.1) is 0 Å². The molecule has 5 N–H and O–H groups in total. The third kappa shape index (κ3) is 5.72. The molecule has 132 valence electrons. The molecule has 0 saturated carbocycles. The fourth-order valence-corrected chi connectivity index (χ4v) is 2.15. The Morgan fingerprint density at radius 1 is 1.16 bits per heavy atom. The van der Waals surface area contributed by atoms with Crippen LogP contribution in [0.25, 0.3) is 6.08 Å². The Kier molecular flexibility index (Phi) is 8.98. The summed E-state index contributed by atoms with van der Waals surface area (Å²) in [5.41, 5.74) is 0.358. The Balaban J connectivity index is 0.00000312. The van der Waals surface area contributed by atoms with Crippen molar-refractivity contribution >= 4 is 12.0 Å². The normalized spacial score (nSPS) is 29.6. The summed E-state index contributed by atoms with van der Waals surface area (Å²) in [6.07, 6.45) is -6.83. The van der Waals surface area contributed by atoms with Gasteiger partial charge in [-0.2, -0.15) is 0 Å².